The summed E-state index contributed by atoms with van der Waals surface area (Å²) in [6, 6.07) is 18.0. The number of rotatable bonds is 5. The maximum atomic E-state index is 12.7. The Balaban J connectivity index is 1.47. The maximum Gasteiger partial charge on any atom is 0.328 e. The van der Waals surface area contributed by atoms with Gasteiger partial charge in [0.15, 0.2) is 11.5 Å². The average molecular weight is 449 g/mol. The van der Waals surface area contributed by atoms with Crippen LogP contribution in [-0.2, 0) is 12.0 Å². The molecule has 3 N–H and O–H groups in total. The van der Waals surface area contributed by atoms with Gasteiger partial charge in [-0.3, -0.25) is 9.55 Å². The van der Waals surface area contributed by atoms with Gasteiger partial charge in [0.2, 0.25) is 0 Å². The van der Waals surface area contributed by atoms with Crippen molar-refractivity contribution >= 4 is 28.6 Å². The number of hydrogen-bond acceptors (Lipinski definition) is 5. The van der Waals surface area contributed by atoms with Crippen LogP contribution in [0.5, 0.6) is 0 Å². The van der Waals surface area contributed by atoms with Crippen LogP contribution in [-0.4, -0.2) is 39.2 Å². The Morgan fingerprint density at radius 3 is 2.44 bits per heavy atom. The summed E-state index contributed by atoms with van der Waals surface area (Å²) in [5.74, 6) is 0.783. The summed E-state index contributed by atoms with van der Waals surface area (Å²) >= 11 is 6.09. The van der Waals surface area contributed by atoms with Crippen LogP contribution in [0.1, 0.15) is 24.0 Å². The first kappa shape index (κ1) is 20.7. The average Bonchev–Trinajstić information content (AvgIpc) is 3.15. The van der Waals surface area contributed by atoms with E-state index in [-0.39, 0.29) is 11.1 Å². The summed E-state index contributed by atoms with van der Waals surface area (Å²) in [7, 11) is 0. The molecule has 8 heteroatoms. The summed E-state index contributed by atoms with van der Waals surface area (Å²) in [6.07, 6.45) is 3.30. The first-order valence-corrected chi connectivity index (χ1v) is 11.2. The van der Waals surface area contributed by atoms with Crippen LogP contribution in [0.4, 0.5) is 5.82 Å². The van der Waals surface area contributed by atoms with Gasteiger partial charge in [0, 0.05) is 30.1 Å². The van der Waals surface area contributed by atoms with Crippen molar-refractivity contribution in [3.05, 3.63) is 87.6 Å². The van der Waals surface area contributed by atoms with Crippen molar-refractivity contribution in [2.45, 2.75) is 24.8 Å². The molecule has 32 heavy (non-hydrogen) atoms. The number of nitrogens with two attached hydrogens (primary N) is 1. The molecule has 0 radical (unpaired) electrons. The number of halogens is 1. The van der Waals surface area contributed by atoms with Gasteiger partial charge >= 0.3 is 5.69 Å². The standard InChI is InChI=1S/C24H25ClN6O/c25-19-8-6-18(7-9-19)24(15-26)10-12-30(13-11-24)22-20-21(27-16-28-22)29-23(32)31(20)14-17-4-2-1-3-5-17/h1-9,16H,10-15,26H2,(H,27,28,29,32). The van der Waals surface area contributed by atoms with E-state index in [1.165, 1.54) is 11.9 Å². The van der Waals surface area contributed by atoms with Gasteiger partial charge in [0.25, 0.3) is 0 Å². The van der Waals surface area contributed by atoms with Crippen molar-refractivity contribution in [3.8, 4) is 0 Å². The predicted octanol–water partition coefficient (Wildman–Crippen LogP) is 3.32. The lowest BCUT2D eigenvalue weighted by molar-refractivity contribution is 0.339. The van der Waals surface area contributed by atoms with Gasteiger partial charge in [-0.25, -0.2) is 14.8 Å². The zero-order valence-electron chi connectivity index (χ0n) is 17.7. The lowest BCUT2D eigenvalue weighted by Crippen LogP contribution is -2.47. The lowest BCUT2D eigenvalue weighted by atomic mass is 9.73. The van der Waals surface area contributed by atoms with E-state index < -0.39 is 0 Å². The molecule has 1 aliphatic heterocycles. The molecule has 0 saturated carbocycles. The highest BCUT2D eigenvalue weighted by Crippen LogP contribution is 2.37. The molecule has 3 heterocycles. The van der Waals surface area contributed by atoms with Gasteiger partial charge in [-0.2, -0.15) is 0 Å². The first-order valence-electron chi connectivity index (χ1n) is 10.8. The Morgan fingerprint density at radius 1 is 1.03 bits per heavy atom. The van der Waals surface area contributed by atoms with E-state index in [0.29, 0.717) is 18.7 Å². The third-order valence-corrected chi connectivity index (χ3v) is 6.85. The van der Waals surface area contributed by atoms with E-state index >= 15 is 0 Å². The number of nitrogens with one attached hydrogen (secondary N) is 1. The Hall–Kier alpha value is -3.16. The number of hydrogen-bond donors (Lipinski definition) is 2. The second-order valence-corrected chi connectivity index (χ2v) is 8.81. The van der Waals surface area contributed by atoms with E-state index in [2.05, 4.69) is 32.0 Å². The summed E-state index contributed by atoms with van der Waals surface area (Å²) < 4.78 is 1.73. The minimum atomic E-state index is -0.180. The van der Waals surface area contributed by atoms with Gasteiger partial charge < -0.3 is 10.6 Å². The zero-order chi connectivity index (χ0) is 22.1. The number of aromatic nitrogens is 4. The quantitative estimate of drug-likeness (QED) is 0.488. The predicted molar refractivity (Wildman–Crippen MR) is 127 cm³/mol. The molecule has 5 rings (SSSR count). The Bertz CT molecular complexity index is 1270. The summed E-state index contributed by atoms with van der Waals surface area (Å²) in [5, 5.41) is 0.727. The van der Waals surface area contributed by atoms with Crippen molar-refractivity contribution < 1.29 is 0 Å². The number of aromatic amines is 1. The molecule has 1 saturated heterocycles. The minimum Gasteiger partial charge on any atom is -0.355 e. The molecule has 0 bridgehead atoms. The highest BCUT2D eigenvalue weighted by atomic mass is 35.5. The second-order valence-electron chi connectivity index (χ2n) is 8.37. The highest BCUT2D eigenvalue weighted by molar-refractivity contribution is 6.30. The summed E-state index contributed by atoms with van der Waals surface area (Å²) in [5.41, 5.74) is 9.57. The topological polar surface area (TPSA) is 92.8 Å². The highest BCUT2D eigenvalue weighted by Gasteiger charge is 2.36. The normalized spacial score (nSPS) is 15.9. The smallest absolute Gasteiger partial charge is 0.328 e. The molecule has 2 aromatic heterocycles. The van der Waals surface area contributed by atoms with Gasteiger partial charge in [0.05, 0.1) is 6.54 Å². The van der Waals surface area contributed by atoms with Gasteiger partial charge in [-0.15, -0.1) is 0 Å². The van der Waals surface area contributed by atoms with Crippen LogP contribution in [0.15, 0.2) is 65.7 Å². The number of nitrogens with zero attached hydrogens (tertiary/aromatic N) is 4. The number of anilines is 1. The SMILES string of the molecule is NCC1(c2ccc(Cl)cc2)CCN(c2ncnc3[nH]c(=O)n(Cc4ccccc4)c23)CC1. The number of imidazole rings is 1. The summed E-state index contributed by atoms with van der Waals surface area (Å²) in [6.45, 7) is 2.61. The number of benzene rings is 2. The molecular weight excluding hydrogens is 424 g/mol. The van der Waals surface area contributed by atoms with Crippen LogP contribution >= 0.6 is 11.6 Å². The molecule has 7 nitrogen and oxygen atoms in total. The maximum absolute atomic E-state index is 12.7. The molecule has 164 valence electrons. The fraction of sp³-hybridized carbons (Fsp3) is 0.292. The molecule has 0 amide bonds. The molecular formula is C24H25ClN6O. The largest absolute Gasteiger partial charge is 0.355 e. The van der Waals surface area contributed by atoms with Crippen molar-refractivity contribution in [2.75, 3.05) is 24.5 Å². The Labute approximate surface area is 190 Å². The molecule has 0 atom stereocenters. The third kappa shape index (κ3) is 3.67. The number of piperidine rings is 1. The summed E-state index contributed by atoms with van der Waals surface area (Å²) in [4.78, 5) is 26.8. The van der Waals surface area contributed by atoms with Crippen LogP contribution < -0.4 is 16.3 Å². The van der Waals surface area contributed by atoms with E-state index in [4.69, 9.17) is 17.3 Å². The number of H-pyrrole nitrogens is 1. The van der Waals surface area contributed by atoms with E-state index in [9.17, 15) is 4.79 Å². The van der Waals surface area contributed by atoms with Crippen molar-refractivity contribution in [2.24, 2.45) is 5.73 Å². The lowest BCUT2D eigenvalue weighted by Gasteiger charge is -2.42. The van der Waals surface area contributed by atoms with E-state index in [1.54, 1.807) is 4.57 Å². The molecule has 0 aliphatic carbocycles. The van der Waals surface area contributed by atoms with Crippen molar-refractivity contribution in [3.63, 3.8) is 0 Å². The van der Waals surface area contributed by atoms with Crippen LogP contribution in [0.3, 0.4) is 0 Å². The van der Waals surface area contributed by atoms with Crippen LogP contribution in [0.25, 0.3) is 11.2 Å². The molecule has 1 aliphatic rings. The monoisotopic (exact) mass is 448 g/mol. The Morgan fingerprint density at radius 2 is 1.75 bits per heavy atom. The number of fused-ring (bicyclic) bond motifs is 1. The molecule has 4 aromatic rings. The Kier molecular flexibility index (Phi) is 5.45. The second kappa shape index (κ2) is 8.41. The molecule has 0 unspecified atom stereocenters. The van der Waals surface area contributed by atoms with Crippen molar-refractivity contribution in [1.29, 1.82) is 0 Å². The van der Waals surface area contributed by atoms with E-state index in [1.807, 2.05) is 42.5 Å². The van der Waals surface area contributed by atoms with Crippen molar-refractivity contribution in [1.82, 2.24) is 19.5 Å². The van der Waals surface area contributed by atoms with Crippen LogP contribution in [0.2, 0.25) is 5.02 Å². The fourth-order valence-corrected chi connectivity index (χ4v) is 4.81. The minimum absolute atomic E-state index is 0.0882. The molecule has 1 fully saturated rings. The van der Waals surface area contributed by atoms with Gasteiger partial charge in [-0.1, -0.05) is 54.1 Å². The third-order valence-electron chi connectivity index (χ3n) is 6.59. The molecule has 2 aromatic carbocycles. The first-order chi connectivity index (χ1) is 15.6. The fourth-order valence-electron chi connectivity index (χ4n) is 4.69. The van der Waals surface area contributed by atoms with E-state index in [0.717, 1.165) is 47.9 Å². The van der Waals surface area contributed by atoms with Crippen LogP contribution in [0, 0.1) is 0 Å². The van der Waals surface area contributed by atoms with Gasteiger partial charge in [-0.05, 0) is 36.1 Å². The van der Waals surface area contributed by atoms with Gasteiger partial charge in [0.1, 0.15) is 11.8 Å². The zero-order valence-corrected chi connectivity index (χ0v) is 18.4. The molecule has 0 spiro atoms.